The van der Waals surface area contributed by atoms with Crippen molar-refractivity contribution in [3.8, 4) is 5.69 Å². The summed E-state index contributed by atoms with van der Waals surface area (Å²) in [5.41, 5.74) is 6.97. The minimum absolute atomic E-state index is 0.0191. The van der Waals surface area contributed by atoms with E-state index in [-0.39, 0.29) is 11.9 Å². The van der Waals surface area contributed by atoms with Crippen LogP contribution in [0.2, 0.25) is 0 Å². The molecule has 5 nitrogen and oxygen atoms in total. The van der Waals surface area contributed by atoms with Crippen LogP contribution >= 0.6 is 15.9 Å². The molecule has 0 radical (unpaired) electrons. The van der Waals surface area contributed by atoms with Crippen molar-refractivity contribution in [1.29, 1.82) is 0 Å². The minimum atomic E-state index is -0.321. The van der Waals surface area contributed by atoms with E-state index in [9.17, 15) is 4.79 Å². The summed E-state index contributed by atoms with van der Waals surface area (Å²) in [5.74, 6) is -0.321. The number of nitrogens with zero attached hydrogens (tertiary/aromatic N) is 2. The highest BCUT2D eigenvalue weighted by Crippen LogP contribution is 2.21. The molecule has 0 aliphatic heterocycles. The maximum atomic E-state index is 10.8. The van der Waals surface area contributed by atoms with Crippen molar-refractivity contribution >= 4 is 27.5 Å². The summed E-state index contributed by atoms with van der Waals surface area (Å²) in [5, 5.41) is 7.47. The highest BCUT2D eigenvalue weighted by Gasteiger charge is 2.08. The number of amides is 1. The number of anilines is 1. The second-order valence-corrected chi connectivity index (χ2v) is 5.20. The van der Waals surface area contributed by atoms with Crippen LogP contribution in [0.3, 0.4) is 0 Å². The average Bonchev–Trinajstić information content (AvgIpc) is 2.76. The lowest BCUT2D eigenvalue weighted by atomic mass is 10.2. The van der Waals surface area contributed by atoms with Gasteiger partial charge in [-0.1, -0.05) is 12.1 Å². The van der Waals surface area contributed by atoms with E-state index < -0.39 is 0 Å². The van der Waals surface area contributed by atoms with Gasteiger partial charge in [0.1, 0.15) is 0 Å². The third kappa shape index (κ3) is 3.57. The third-order valence-electron chi connectivity index (χ3n) is 2.60. The lowest BCUT2D eigenvalue weighted by Gasteiger charge is -2.10. The molecule has 0 aliphatic carbocycles. The van der Waals surface area contributed by atoms with Gasteiger partial charge in [0.15, 0.2) is 0 Å². The Bertz CT molecular complexity index is 582. The first-order valence-electron chi connectivity index (χ1n) is 5.90. The van der Waals surface area contributed by atoms with E-state index in [0.717, 1.165) is 15.8 Å². The Morgan fingerprint density at radius 3 is 2.95 bits per heavy atom. The quantitative estimate of drug-likeness (QED) is 0.887. The second-order valence-electron chi connectivity index (χ2n) is 4.34. The Morgan fingerprint density at radius 2 is 2.26 bits per heavy atom. The van der Waals surface area contributed by atoms with Gasteiger partial charge in [0, 0.05) is 16.9 Å². The van der Waals surface area contributed by atoms with Gasteiger partial charge in [-0.2, -0.15) is 5.10 Å². The SMILES string of the molecule is C[C@@H](CC(N)=O)Nc1cnn(-c2ccccc2Br)c1. The molecule has 3 N–H and O–H groups in total. The van der Waals surface area contributed by atoms with Gasteiger partial charge in [0.2, 0.25) is 5.91 Å². The zero-order valence-corrected chi connectivity index (χ0v) is 12.1. The van der Waals surface area contributed by atoms with E-state index in [1.165, 1.54) is 0 Å². The molecular formula is C13H15BrN4O. The normalized spacial score (nSPS) is 12.1. The number of carbonyl (C=O) groups excluding carboxylic acids is 1. The number of hydrogen-bond acceptors (Lipinski definition) is 3. The topological polar surface area (TPSA) is 72.9 Å². The maximum Gasteiger partial charge on any atom is 0.219 e. The predicted octanol–water partition coefficient (Wildman–Crippen LogP) is 2.31. The molecule has 1 aromatic carbocycles. The van der Waals surface area contributed by atoms with E-state index in [1.54, 1.807) is 10.9 Å². The maximum absolute atomic E-state index is 10.8. The Balaban J connectivity index is 2.11. The van der Waals surface area contributed by atoms with Crippen molar-refractivity contribution in [2.24, 2.45) is 5.73 Å². The molecule has 2 rings (SSSR count). The molecule has 100 valence electrons. The molecule has 19 heavy (non-hydrogen) atoms. The molecule has 0 spiro atoms. The Labute approximate surface area is 119 Å². The summed E-state index contributed by atoms with van der Waals surface area (Å²) in [7, 11) is 0. The molecule has 2 aromatic rings. The van der Waals surface area contributed by atoms with Gasteiger partial charge in [-0.15, -0.1) is 0 Å². The Hall–Kier alpha value is -1.82. The van der Waals surface area contributed by atoms with Crippen LogP contribution in [-0.4, -0.2) is 21.7 Å². The lowest BCUT2D eigenvalue weighted by molar-refractivity contribution is -0.118. The van der Waals surface area contributed by atoms with Crippen molar-refractivity contribution in [3.63, 3.8) is 0 Å². The summed E-state index contributed by atoms with van der Waals surface area (Å²) < 4.78 is 2.73. The summed E-state index contributed by atoms with van der Waals surface area (Å²) in [4.78, 5) is 10.8. The number of hydrogen-bond donors (Lipinski definition) is 2. The smallest absolute Gasteiger partial charge is 0.219 e. The summed E-state index contributed by atoms with van der Waals surface area (Å²) in [6, 6.07) is 7.80. The molecule has 1 amide bonds. The van der Waals surface area contributed by atoms with Crippen LogP contribution in [0.5, 0.6) is 0 Å². The summed E-state index contributed by atoms with van der Waals surface area (Å²) in [6.07, 6.45) is 3.88. The van der Waals surface area contributed by atoms with Crippen LogP contribution < -0.4 is 11.1 Å². The van der Waals surface area contributed by atoms with Crippen molar-refractivity contribution in [3.05, 3.63) is 41.1 Å². The fourth-order valence-electron chi connectivity index (χ4n) is 1.80. The van der Waals surface area contributed by atoms with E-state index in [2.05, 4.69) is 26.3 Å². The predicted molar refractivity (Wildman–Crippen MR) is 78.2 cm³/mol. The highest BCUT2D eigenvalue weighted by atomic mass is 79.9. The van der Waals surface area contributed by atoms with Crippen LogP contribution in [-0.2, 0) is 4.79 Å². The largest absolute Gasteiger partial charge is 0.380 e. The number of rotatable bonds is 5. The van der Waals surface area contributed by atoms with Gasteiger partial charge >= 0.3 is 0 Å². The van der Waals surface area contributed by atoms with Gasteiger partial charge < -0.3 is 11.1 Å². The van der Waals surface area contributed by atoms with E-state index in [0.29, 0.717) is 6.42 Å². The van der Waals surface area contributed by atoms with Gasteiger partial charge in [-0.05, 0) is 35.0 Å². The number of carbonyl (C=O) groups is 1. The van der Waals surface area contributed by atoms with Gasteiger partial charge in [0.25, 0.3) is 0 Å². The van der Waals surface area contributed by atoms with Crippen LogP contribution in [0.15, 0.2) is 41.1 Å². The van der Waals surface area contributed by atoms with E-state index >= 15 is 0 Å². The number of para-hydroxylation sites is 1. The average molecular weight is 323 g/mol. The molecule has 0 saturated carbocycles. The monoisotopic (exact) mass is 322 g/mol. The fourth-order valence-corrected chi connectivity index (χ4v) is 2.27. The van der Waals surface area contributed by atoms with E-state index in [4.69, 9.17) is 5.73 Å². The number of halogens is 1. The number of primary amides is 1. The number of aromatic nitrogens is 2. The minimum Gasteiger partial charge on any atom is -0.380 e. The molecule has 1 heterocycles. The fraction of sp³-hybridized carbons (Fsp3) is 0.231. The van der Waals surface area contributed by atoms with Crippen LogP contribution in [0, 0.1) is 0 Å². The molecule has 0 unspecified atom stereocenters. The van der Waals surface area contributed by atoms with Crippen LogP contribution in [0.25, 0.3) is 5.69 Å². The van der Waals surface area contributed by atoms with Gasteiger partial charge in [-0.3, -0.25) is 4.79 Å². The molecule has 6 heteroatoms. The first kappa shape index (κ1) is 13.6. The highest BCUT2D eigenvalue weighted by molar-refractivity contribution is 9.10. The molecule has 0 fully saturated rings. The first-order chi connectivity index (χ1) is 9.06. The molecule has 0 bridgehead atoms. The lowest BCUT2D eigenvalue weighted by Crippen LogP contribution is -2.23. The van der Waals surface area contributed by atoms with Crippen molar-refractivity contribution in [1.82, 2.24) is 9.78 Å². The van der Waals surface area contributed by atoms with Gasteiger partial charge in [0.05, 0.1) is 23.8 Å². The zero-order valence-electron chi connectivity index (χ0n) is 10.5. The number of nitrogens with two attached hydrogens (primary N) is 1. The zero-order chi connectivity index (χ0) is 13.8. The molecule has 1 atom stereocenters. The summed E-state index contributed by atoms with van der Waals surface area (Å²) in [6.45, 7) is 1.90. The first-order valence-corrected chi connectivity index (χ1v) is 6.70. The summed E-state index contributed by atoms with van der Waals surface area (Å²) >= 11 is 3.48. The van der Waals surface area contributed by atoms with Crippen molar-refractivity contribution in [2.75, 3.05) is 5.32 Å². The third-order valence-corrected chi connectivity index (χ3v) is 3.27. The van der Waals surface area contributed by atoms with Crippen LogP contribution in [0.1, 0.15) is 13.3 Å². The van der Waals surface area contributed by atoms with Crippen molar-refractivity contribution < 1.29 is 4.79 Å². The second kappa shape index (κ2) is 5.88. The molecule has 0 aliphatic rings. The van der Waals surface area contributed by atoms with E-state index in [1.807, 2.05) is 37.4 Å². The number of nitrogens with one attached hydrogen (secondary N) is 1. The standard InChI is InChI=1S/C13H15BrN4O/c1-9(6-13(15)19)17-10-7-16-18(8-10)12-5-3-2-4-11(12)14/h2-5,7-9,17H,6H2,1H3,(H2,15,19)/t9-/m0/s1. The number of benzene rings is 1. The molecular weight excluding hydrogens is 308 g/mol. The Morgan fingerprint density at radius 1 is 1.53 bits per heavy atom. The molecule has 0 saturated heterocycles. The van der Waals surface area contributed by atoms with Crippen LogP contribution in [0.4, 0.5) is 5.69 Å². The van der Waals surface area contributed by atoms with Crippen molar-refractivity contribution in [2.45, 2.75) is 19.4 Å². The Kier molecular flexibility index (Phi) is 4.21. The van der Waals surface area contributed by atoms with Gasteiger partial charge in [-0.25, -0.2) is 4.68 Å². The molecule has 1 aromatic heterocycles.